The highest BCUT2D eigenvalue weighted by atomic mass is 16.4. The lowest BCUT2D eigenvalue weighted by Crippen LogP contribution is -2.25. The zero-order valence-electron chi connectivity index (χ0n) is 10.7. The molecule has 0 aromatic carbocycles. The zero-order valence-corrected chi connectivity index (χ0v) is 10.7. The van der Waals surface area contributed by atoms with Crippen LogP contribution in [0.25, 0.3) is 0 Å². The molecule has 0 bridgehead atoms. The molecule has 0 aliphatic carbocycles. The third-order valence-electron chi connectivity index (χ3n) is 2.78. The Hall–Kier alpha value is -1.29. The first-order valence-corrected chi connectivity index (χ1v) is 6.10. The molecular weight excluding hydrogens is 218 g/mol. The molecule has 17 heavy (non-hydrogen) atoms. The van der Waals surface area contributed by atoms with Crippen molar-refractivity contribution in [3.05, 3.63) is 23.2 Å². The van der Waals surface area contributed by atoms with E-state index in [0.717, 1.165) is 6.42 Å². The number of carbonyl (C=O) groups is 1. The molecule has 4 nitrogen and oxygen atoms in total. The first-order chi connectivity index (χ1) is 8.04. The predicted octanol–water partition coefficient (Wildman–Crippen LogP) is 2.95. The number of carboxylic acid groups (broad SMARTS) is 1. The Morgan fingerprint density at radius 2 is 2.29 bits per heavy atom. The fraction of sp³-hybridized carbons (Fsp3) is 0.615. The van der Waals surface area contributed by atoms with Gasteiger partial charge in [0.05, 0.1) is 6.54 Å². The highest BCUT2D eigenvalue weighted by Gasteiger charge is 2.14. The molecule has 0 aliphatic rings. The summed E-state index contributed by atoms with van der Waals surface area (Å²) in [5.74, 6) is -0.279. The van der Waals surface area contributed by atoms with E-state index in [1.165, 1.54) is 12.8 Å². The van der Waals surface area contributed by atoms with Gasteiger partial charge < -0.3 is 14.8 Å². The van der Waals surface area contributed by atoms with Crippen LogP contribution < -0.4 is 5.32 Å². The topological polar surface area (TPSA) is 62.5 Å². The molecule has 1 rings (SSSR count). The van der Waals surface area contributed by atoms with Crippen LogP contribution >= 0.6 is 0 Å². The van der Waals surface area contributed by atoms with Crippen LogP contribution in [0.2, 0.25) is 0 Å². The van der Waals surface area contributed by atoms with E-state index in [1.807, 2.05) is 0 Å². The summed E-state index contributed by atoms with van der Waals surface area (Å²) in [5, 5.41) is 12.2. The van der Waals surface area contributed by atoms with Crippen molar-refractivity contribution in [1.82, 2.24) is 5.32 Å². The fourth-order valence-corrected chi connectivity index (χ4v) is 1.73. The van der Waals surface area contributed by atoms with E-state index in [-0.39, 0.29) is 5.76 Å². The molecule has 0 fully saturated rings. The molecule has 1 aromatic rings. The van der Waals surface area contributed by atoms with Gasteiger partial charge in [-0.2, -0.15) is 0 Å². The molecule has 2 N–H and O–H groups in total. The lowest BCUT2D eigenvalue weighted by atomic mass is 10.1. The molecule has 4 heteroatoms. The summed E-state index contributed by atoms with van der Waals surface area (Å²) >= 11 is 0. The number of aryl methyl sites for hydroxylation is 1. The molecule has 1 aromatic heterocycles. The van der Waals surface area contributed by atoms with Crippen LogP contribution in [0, 0.1) is 6.92 Å². The number of unbranched alkanes of at least 4 members (excludes halogenated alkanes) is 1. The molecule has 1 atom stereocenters. The monoisotopic (exact) mass is 239 g/mol. The molecule has 0 spiro atoms. The number of rotatable bonds is 7. The van der Waals surface area contributed by atoms with Crippen LogP contribution in [0.15, 0.2) is 10.5 Å². The second kappa shape index (κ2) is 6.45. The van der Waals surface area contributed by atoms with Crippen LogP contribution in [0.5, 0.6) is 0 Å². The molecule has 0 amide bonds. The number of carboxylic acids is 1. The maximum Gasteiger partial charge on any atom is 0.372 e. The third kappa shape index (κ3) is 4.23. The Morgan fingerprint density at radius 1 is 1.59 bits per heavy atom. The van der Waals surface area contributed by atoms with Gasteiger partial charge in [-0.25, -0.2) is 4.79 Å². The predicted molar refractivity (Wildman–Crippen MR) is 66.2 cm³/mol. The lowest BCUT2D eigenvalue weighted by Gasteiger charge is -2.11. The van der Waals surface area contributed by atoms with E-state index in [1.54, 1.807) is 13.0 Å². The van der Waals surface area contributed by atoms with Gasteiger partial charge in [-0.3, -0.25) is 0 Å². The molecule has 1 heterocycles. The van der Waals surface area contributed by atoms with E-state index in [4.69, 9.17) is 9.52 Å². The minimum Gasteiger partial charge on any atom is -0.475 e. The average molecular weight is 239 g/mol. The Morgan fingerprint density at radius 3 is 2.82 bits per heavy atom. The smallest absolute Gasteiger partial charge is 0.372 e. The Balaban J connectivity index is 2.47. The largest absolute Gasteiger partial charge is 0.475 e. The summed E-state index contributed by atoms with van der Waals surface area (Å²) in [7, 11) is 0. The van der Waals surface area contributed by atoms with Gasteiger partial charge in [0.15, 0.2) is 0 Å². The van der Waals surface area contributed by atoms with Crippen LogP contribution in [0.4, 0.5) is 0 Å². The second-order valence-corrected chi connectivity index (χ2v) is 4.45. The van der Waals surface area contributed by atoms with Crippen molar-refractivity contribution in [2.45, 2.75) is 52.6 Å². The first-order valence-electron chi connectivity index (χ1n) is 6.10. The second-order valence-electron chi connectivity index (χ2n) is 4.45. The van der Waals surface area contributed by atoms with Gasteiger partial charge in [-0.1, -0.05) is 19.8 Å². The number of hydrogen-bond acceptors (Lipinski definition) is 3. The van der Waals surface area contributed by atoms with Crippen LogP contribution in [-0.4, -0.2) is 17.1 Å². The molecule has 0 saturated carbocycles. The standard InChI is InChI=1S/C13H21NO3/c1-4-5-6-10(3)14-8-11-7-9(2)12(17-11)13(15)16/h7,10,14H,4-6,8H2,1-3H3,(H,15,16). The molecular formula is C13H21NO3. The normalized spacial score (nSPS) is 12.6. The summed E-state index contributed by atoms with van der Waals surface area (Å²) in [6, 6.07) is 2.21. The average Bonchev–Trinajstić information content (AvgIpc) is 2.65. The van der Waals surface area contributed by atoms with E-state index >= 15 is 0 Å². The zero-order chi connectivity index (χ0) is 12.8. The summed E-state index contributed by atoms with van der Waals surface area (Å²) in [4.78, 5) is 10.8. The van der Waals surface area contributed by atoms with Crippen molar-refractivity contribution in [3.63, 3.8) is 0 Å². The van der Waals surface area contributed by atoms with Crippen LogP contribution in [0.1, 0.15) is 55.0 Å². The van der Waals surface area contributed by atoms with Crippen LogP contribution in [0.3, 0.4) is 0 Å². The summed E-state index contributed by atoms with van der Waals surface area (Å²) in [6.45, 7) is 6.63. The van der Waals surface area contributed by atoms with Crippen molar-refractivity contribution >= 4 is 5.97 Å². The summed E-state index contributed by atoms with van der Waals surface area (Å²) in [6.07, 6.45) is 3.52. The minimum atomic E-state index is -1.01. The molecule has 0 radical (unpaired) electrons. The Kier molecular flexibility index (Phi) is 5.22. The molecule has 1 unspecified atom stereocenters. The van der Waals surface area contributed by atoms with Gasteiger partial charge in [0.25, 0.3) is 0 Å². The minimum absolute atomic E-state index is 0.0445. The summed E-state index contributed by atoms with van der Waals surface area (Å²) in [5.41, 5.74) is 0.676. The van der Waals surface area contributed by atoms with Crippen molar-refractivity contribution in [2.24, 2.45) is 0 Å². The number of hydrogen-bond donors (Lipinski definition) is 2. The van der Waals surface area contributed by atoms with Gasteiger partial charge in [-0.15, -0.1) is 0 Å². The van der Waals surface area contributed by atoms with Crippen molar-refractivity contribution in [2.75, 3.05) is 0 Å². The van der Waals surface area contributed by atoms with E-state index in [0.29, 0.717) is 23.9 Å². The van der Waals surface area contributed by atoms with E-state index in [9.17, 15) is 4.79 Å². The third-order valence-corrected chi connectivity index (χ3v) is 2.78. The van der Waals surface area contributed by atoms with Gasteiger partial charge in [0, 0.05) is 11.6 Å². The van der Waals surface area contributed by atoms with E-state index in [2.05, 4.69) is 19.2 Å². The van der Waals surface area contributed by atoms with Gasteiger partial charge >= 0.3 is 5.97 Å². The Bertz CT molecular complexity index is 371. The number of furan rings is 1. The quantitative estimate of drug-likeness (QED) is 0.768. The van der Waals surface area contributed by atoms with Gasteiger partial charge in [0.1, 0.15) is 5.76 Å². The SMILES string of the molecule is CCCCC(C)NCc1cc(C)c(C(=O)O)o1. The molecule has 0 aliphatic heterocycles. The van der Waals surface area contributed by atoms with Crippen molar-refractivity contribution in [1.29, 1.82) is 0 Å². The Labute approximate surface area is 102 Å². The molecule has 96 valence electrons. The maximum atomic E-state index is 10.8. The molecule has 0 saturated heterocycles. The highest BCUT2D eigenvalue weighted by molar-refractivity contribution is 5.86. The number of aromatic carboxylic acids is 1. The number of nitrogens with one attached hydrogen (secondary N) is 1. The van der Waals surface area contributed by atoms with Gasteiger partial charge in [-0.05, 0) is 26.3 Å². The first kappa shape index (κ1) is 13.8. The summed E-state index contributed by atoms with van der Waals surface area (Å²) < 4.78 is 5.27. The lowest BCUT2D eigenvalue weighted by molar-refractivity contribution is 0.0659. The van der Waals surface area contributed by atoms with Gasteiger partial charge in [0.2, 0.25) is 5.76 Å². The maximum absolute atomic E-state index is 10.8. The highest BCUT2D eigenvalue weighted by Crippen LogP contribution is 2.14. The van der Waals surface area contributed by atoms with E-state index < -0.39 is 5.97 Å². The van der Waals surface area contributed by atoms with Crippen molar-refractivity contribution in [3.8, 4) is 0 Å². The fourth-order valence-electron chi connectivity index (χ4n) is 1.73. The van der Waals surface area contributed by atoms with Crippen molar-refractivity contribution < 1.29 is 14.3 Å². The van der Waals surface area contributed by atoms with Crippen LogP contribution in [-0.2, 0) is 6.54 Å².